The van der Waals surface area contributed by atoms with Crippen molar-refractivity contribution in [3.63, 3.8) is 0 Å². The quantitative estimate of drug-likeness (QED) is 0.600. The van der Waals surface area contributed by atoms with Crippen LogP contribution in [0.25, 0.3) is 6.08 Å². The summed E-state index contributed by atoms with van der Waals surface area (Å²) in [4.78, 5) is 20.8. The van der Waals surface area contributed by atoms with Crippen molar-refractivity contribution in [3.05, 3.63) is 35.4 Å². The van der Waals surface area contributed by atoms with E-state index in [1.807, 2.05) is 0 Å². The number of carbonyl (C=O) groups is 2. The highest BCUT2D eigenvalue weighted by Gasteiger charge is 2.01. The molecule has 0 radical (unpaired) electrons. The molecule has 4 nitrogen and oxygen atoms in total. The Bertz CT molecular complexity index is 407. The van der Waals surface area contributed by atoms with E-state index in [0.29, 0.717) is 23.2 Å². The van der Waals surface area contributed by atoms with Gasteiger partial charge < -0.3 is 9.84 Å². The number of aldehydes is 1. The molecule has 1 rings (SSSR count). The minimum absolute atomic E-state index is 0.428. The van der Waals surface area contributed by atoms with Crippen LogP contribution in [-0.4, -0.2) is 24.5 Å². The third-order valence-electron chi connectivity index (χ3n) is 1.80. The van der Waals surface area contributed by atoms with Crippen molar-refractivity contribution in [1.82, 2.24) is 0 Å². The van der Waals surface area contributed by atoms with Crippen molar-refractivity contribution < 1.29 is 19.4 Å². The van der Waals surface area contributed by atoms with Gasteiger partial charge in [0, 0.05) is 6.08 Å². The van der Waals surface area contributed by atoms with Gasteiger partial charge in [-0.2, -0.15) is 0 Å². The van der Waals surface area contributed by atoms with Gasteiger partial charge in [-0.3, -0.25) is 4.79 Å². The molecule has 0 spiro atoms. The molecule has 1 aromatic carbocycles. The number of carboxylic acids is 1. The highest BCUT2D eigenvalue weighted by atomic mass is 16.5. The smallest absolute Gasteiger partial charge is 0.328 e. The van der Waals surface area contributed by atoms with Crippen molar-refractivity contribution in [3.8, 4) is 5.75 Å². The fraction of sp³-hybridized carbons (Fsp3) is 0.0909. The molecule has 0 heterocycles. The number of hydrogen-bond acceptors (Lipinski definition) is 3. The Hall–Kier alpha value is -2.10. The summed E-state index contributed by atoms with van der Waals surface area (Å²) in [6, 6.07) is 4.82. The Morgan fingerprint density at radius 1 is 1.47 bits per heavy atom. The van der Waals surface area contributed by atoms with Crippen molar-refractivity contribution in [2.45, 2.75) is 0 Å². The number of benzene rings is 1. The molecule has 0 bridgehead atoms. The lowest BCUT2D eigenvalue weighted by Crippen LogP contribution is -1.91. The molecule has 4 heteroatoms. The SMILES string of the molecule is COc1cc(C=CC(=O)O)ccc1C=O. The normalized spacial score (nSPS) is 10.2. The largest absolute Gasteiger partial charge is 0.496 e. The summed E-state index contributed by atoms with van der Waals surface area (Å²) in [7, 11) is 1.45. The fourth-order valence-electron chi connectivity index (χ4n) is 1.10. The Morgan fingerprint density at radius 3 is 2.73 bits per heavy atom. The lowest BCUT2D eigenvalue weighted by molar-refractivity contribution is -0.131. The molecule has 15 heavy (non-hydrogen) atoms. The first-order valence-corrected chi connectivity index (χ1v) is 4.21. The Kier molecular flexibility index (Phi) is 3.62. The van der Waals surface area contributed by atoms with Crippen LogP contribution in [0.5, 0.6) is 5.75 Å². The second-order valence-corrected chi connectivity index (χ2v) is 2.79. The van der Waals surface area contributed by atoms with Gasteiger partial charge in [0.05, 0.1) is 12.7 Å². The molecule has 1 N–H and O–H groups in total. The highest BCUT2D eigenvalue weighted by molar-refractivity contribution is 5.86. The maximum absolute atomic E-state index is 10.6. The first-order chi connectivity index (χ1) is 7.17. The lowest BCUT2D eigenvalue weighted by Gasteiger charge is -2.03. The van der Waals surface area contributed by atoms with Crippen molar-refractivity contribution in [2.75, 3.05) is 7.11 Å². The van der Waals surface area contributed by atoms with E-state index in [4.69, 9.17) is 9.84 Å². The highest BCUT2D eigenvalue weighted by Crippen LogP contribution is 2.19. The monoisotopic (exact) mass is 206 g/mol. The van der Waals surface area contributed by atoms with Crippen molar-refractivity contribution in [2.24, 2.45) is 0 Å². The van der Waals surface area contributed by atoms with Crippen LogP contribution in [0, 0.1) is 0 Å². The van der Waals surface area contributed by atoms with Crippen LogP contribution in [0.3, 0.4) is 0 Å². The summed E-state index contributed by atoms with van der Waals surface area (Å²) in [5.74, 6) is -0.592. The maximum Gasteiger partial charge on any atom is 0.328 e. The fourth-order valence-corrected chi connectivity index (χ4v) is 1.10. The second kappa shape index (κ2) is 4.95. The van der Waals surface area contributed by atoms with E-state index in [1.54, 1.807) is 18.2 Å². The number of aliphatic carboxylic acids is 1. The number of methoxy groups -OCH3 is 1. The molecule has 0 unspecified atom stereocenters. The topological polar surface area (TPSA) is 63.6 Å². The Morgan fingerprint density at radius 2 is 2.20 bits per heavy atom. The summed E-state index contributed by atoms with van der Waals surface area (Å²) in [6.07, 6.45) is 3.14. The van der Waals surface area contributed by atoms with Gasteiger partial charge in [0.15, 0.2) is 6.29 Å². The average Bonchev–Trinajstić information content (AvgIpc) is 2.25. The average molecular weight is 206 g/mol. The number of hydrogen-bond donors (Lipinski definition) is 1. The standard InChI is InChI=1S/C11H10O4/c1-15-10-6-8(3-5-11(13)14)2-4-9(10)7-12/h2-7H,1H3,(H,13,14). The third kappa shape index (κ3) is 2.95. The van der Waals surface area contributed by atoms with E-state index >= 15 is 0 Å². The number of ether oxygens (including phenoxy) is 1. The minimum Gasteiger partial charge on any atom is -0.496 e. The predicted octanol–water partition coefficient (Wildman–Crippen LogP) is 1.61. The van der Waals surface area contributed by atoms with Gasteiger partial charge in [-0.1, -0.05) is 6.07 Å². The van der Waals surface area contributed by atoms with Crippen LogP contribution in [0.15, 0.2) is 24.3 Å². The van der Waals surface area contributed by atoms with Crippen molar-refractivity contribution >= 4 is 18.3 Å². The van der Waals surface area contributed by atoms with Crippen LogP contribution in [-0.2, 0) is 4.79 Å². The van der Waals surface area contributed by atoms with Gasteiger partial charge in [-0.15, -0.1) is 0 Å². The molecule has 0 aliphatic rings. The summed E-state index contributed by atoms with van der Waals surface area (Å²) in [5.41, 5.74) is 1.10. The number of carbonyl (C=O) groups excluding carboxylic acids is 1. The zero-order valence-corrected chi connectivity index (χ0v) is 8.14. The van der Waals surface area contributed by atoms with Gasteiger partial charge in [0.2, 0.25) is 0 Å². The number of rotatable bonds is 4. The van der Waals surface area contributed by atoms with Crippen LogP contribution >= 0.6 is 0 Å². The van der Waals surface area contributed by atoms with E-state index < -0.39 is 5.97 Å². The zero-order valence-electron chi connectivity index (χ0n) is 8.14. The van der Waals surface area contributed by atoms with Gasteiger partial charge in [-0.25, -0.2) is 4.79 Å². The van der Waals surface area contributed by atoms with Crippen LogP contribution in [0.1, 0.15) is 15.9 Å². The van der Waals surface area contributed by atoms with E-state index in [9.17, 15) is 9.59 Å². The lowest BCUT2D eigenvalue weighted by atomic mass is 10.1. The van der Waals surface area contributed by atoms with E-state index in [2.05, 4.69) is 0 Å². The van der Waals surface area contributed by atoms with Gasteiger partial charge in [0.25, 0.3) is 0 Å². The second-order valence-electron chi connectivity index (χ2n) is 2.79. The molecule has 0 aliphatic carbocycles. The van der Waals surface area contributed by atoms with E-state index in [1.165, 1.54) is 13.2 Å². The predicted molar refractivity (Wildman–Crippen MR) is 55.1 cm³/mol. The third-order valence-corrected chi connectivity index (χ3v) is 1.80. The van der Waals surface area contributed by atoms with E-state index in [-0.39, 0.29) is 0 Å². The molecule has 78 valence electrons. The molecule has 0 saturated heterocycles. The zero-order chi connectivity index (χ0) is 11.3. The molecular weight excluding hydrogens is 196 g/mol. The first-order valence-electron chi connectivity index (χ1n) is 4.21. The van der Waals surface area contributed by atoms with Crippen LogP contribution in [0.4, 0.5) is 0 Å². The van der Waals surface area contributed by atoms with Gasteiger partial charge in [0.1, 0.15) is 5.75 Å². The van der Waals surface area contributed by atoms with E-state index in [0.717, 1.165) is 6.08 Å². The first kappa shape index (κ1) is 11.0. The molecular formula is C11H10O4. The van der Waals surface area contributed by atoms with Crippen LogP contribution < -0.4 is 4.74 Å². The van der Waals surface area contributed by atoms with Crippen molar-refractivity contribution in [1.29, 1.82) is 0 Å². The van der Waals surface area contributed by atoms with Gasteiger partial charge >= 0.3 is 5.97 Å². The van der Waals surface area contributed by atoms with Crippen LogP contribution in [0.2, 0.25) is 0 Å². The molecule has 0 aliphatic heterocycles. The summed E-state index contributed by atoms with van der Waals surface area (Å²) >= 11 is 0. The molecule has 0 amide bonds. The molecule has 0 aromatic heterocycles. The Labute approximate surface area is 86.8 Å². The minimum atomic E-state index is -1.02. The Balaban J connectivity index is 3.03. The summed E-state index contributed by atoms with van der Waals surface area (Å²) in [5, 5.41) is 8.43. The van der Waals surface area contributed by atoms with Gasteiger partial charge in [-0.05, 0) is 23.8 Å². The number of carboxylic acid groups (broad SMARTS) is 1. The summed E-state index contributed by atoms with van der Waals surface area (Å²) < 4.78 is 4.97. The summed E-state index contributed by atoms with van der Waals surface area (Å²) in [6.45, 7) is 0. The molecule has 0 fully saturated rings. The maximum atomic E-state index is 10.6. The molecule has 1 aromatic rings. The molecule has 0 atom stereocenters. The molecule has 0 saturated carbocycles.